The van der Waals surface area contributed by atoms with Gasteiger partial charge in [0.05, 0.1) is 18.4 Å². The van der Waals surface area contributed by atoms with Gasteiger partial charge in [-0.05, 0) is 42.8 Å². The van der Waals surface area contributed by atoms with Crippen LogP contribution < -0.4 is 4.74 Å². The van der Waals surface area contributed by atoms with Crippen LogP contribution in [-0.4, -0.2) is 32.0 Å². The first-order valence-corrected chi connectivity index (χ1v) is 11.3. The lowest BCUT2D eigenvalue weighted by Crippen LogP contribution is -2.01. The molecule has 0 radical (unpaired) electrons. The number of para-hydroxylation sites is 1. The summed E-state index contributed by atoms with van der Waals surface area (Å²) in [5, 5.41) is 14.3. The maximum absolute atomic E-state index is 6.10. The number of methoxy groups -OCH3 is 1. The van der Waals surface area contributed by atoms with Crippen molar-refractivity contribution in [1.82, 2.24) is 24.9 Å². The first-order chi connectivity index (χ1) is 15.2. The number of aryl methyl sites for hydroxylation is 1. The van der Waals surface area contributed by atoms with E-state index in [1.165, 1.54) is 11.8 Å². The molecule has 0 N–H and O–H groups in total. The highest BCUT2D eigenvalue weighted by Gasteiger charge is 2.20. The van der Waals surface area contributed by atoms with Gasteiger partial charge in [0.2, 0.25) is 5.89 Å². The number of rotatable bonds is 9. The molecule has 0 aliphatic rings. The van der Waals surface area contributed by atoms with Gasteiger partial charge in [-0.2, -0.15) is 4.98 Å². The van der Waals surface area contributed by atoms with Crippen LogP contribution in [0.4, 0.5) is 0 Å². The lowest BCUT2D eigenvalue weighted by molar-refractivity contribution is 0.384. The quantitative estimate of drug-likeness (QED) is 0.303. The normalized spacial score (nSPS) is 11.1. The lowest BCUT2D eigenvalue weighted by atomic mass is 10.2. The minimum Gasteiger partial charge on any atom is -0.496 e. The minimum atomic E-state index is 0.497. The van der Waals surface area contributed by atoms with Crippen molar-refractivity contribution in [2.75, 3.05) is 7.11 Å². The largest absolute Gasteiger partial charge is 0.496 e. The van der Waals surface area contributed by atoms with Crippen molar-refractivity contribution in [1.29, 1.82) is 0 Å². The number of halogens is 1. The molecule has 2 aromatic carbocycles. The summed E-state index contributed by atoms with van der Waals surface area (Å²) in [6, 6.07) is 15.3. The molecule has 0 saturated carbocycles. The van der Waals surface area contributed by atoms with E-state index in [2.05, 4.69) is 27.3 Å². The first-order valence-electron chi connectivity index (χ1n) is 9.98. The van der Waals surface area contributed by atoms with Crippen molar-refractivity contribution < 1.29 is 9.26 Å². The van der Waals surface area contributed by atoms with Gasteiger partial charge in [-0.25, -0.2) is 0 Å². The van der Waals surface area contributed by atoms with Crippen LogP contribution in [0, 0.1) is 0 Å². The number of aromatic nitrogens is 5. The van der Waals surface area contributed by atoms with Gasteiger partial charge in [-0.15, -0.1) is 10.2 Å². The Morgan fingerprint density at radius 2 is 1.90 bits per heavy atom. The maximum Gasteiger partial charge on any atom is 0.237 e. The summed E-state index contributed by atoms with van der Waals surface area (Å²) >= 11 is 7.59. The SMILES string of the molecule is CCCCc1noc(CSc2nnc(-c3ccccc3OC)n2-c2ccc(Cl)cc2)n1. The Kier molecular flexibility index (Phi) is 6.89. The smallest absolute Gasteiger partial charge is 0.237 e. The van der Waals surface area contributed by atoms with Crippen molar-refractivity contribution in [3.63, 3.8) is 0 Å². The lowest BCUT2D eigenvalue weighted by Gasteiger charge is -2.12. The Labute approximate surface area is 189 Å². The molecule has 2 aromatic heterocycles. The third-order valence-electron chi connectivity index (χ3n) is 4.65. The standard InChI is InChI=1S/C22H22ClN5O2S/c1-3-4-9-19-24-20(30-27-19)14-31-22-26-25-21(17-7-5-6-8-18(17)29-2)28(22)16-12-10-15(23)11-13-16/h5-8,10-13H,3-4,9,14H2,1-2H3. The zero-order valence-corrected chi connectivity index (χ0v) is 18.9. The summed E-state index contributed by atoms with van der Waals surface area (Å²) in [5.74, 6) is 3.21. The van der Waals surface area contributed by atoms with Crippen LogP contribution in [0.5, 0.6) is 5.75 Å². The Bertz CT molecular complexity index is 1140. The topological polar surface area (TPSA) is 78.9 Å². The molecule has 4 rings (SSSR count). The predicted octanol–water partition coefficient (Wildman–Crippen LogP) is 5.61. The molecule has 0 atom stereocenters. The van der Waals surface area contributed by atoms with Gasteiger partial charge in [0, 0.05) is 17.1 Å². The zero-order valence-electron chi connectivity index (χ0n) is 17.3. The van der Waals surface area contributed by atoms with Crippen LogP contribution >= 0.6 is 23.4 Å². The number of ether oxygens (including phenoxy) is 1. The van der Waals surface area contributed by atoms with Crippen LogP contribution in [0.3, 0.4) is 0 Å². The molecule has 160 valence electrons. The highest BCUT2D eigenvalue weighted by atomic mass is 35.5. The van der Waals surface area contributed by atoms with Gasteiger partial charge < -0.3 is 9.26 Å². The Morgan fingerprint density at radius 3 is 2.68 bits per heavy atom. The minimum absolute atomic E-state index is 0.497. The van der Waals surface area contributed by atoms with Crippen LogP contribution in [0.25, 0.3) is 17.1 Å². The third-order valence-corrected chi connectivity index (χ3v) is 5.82. The molecule has 0 bridgehead atoms. The van der Waals surface area contributed by atoms with Crippen molar-refractivity contribution >= 4 is 23.4 Å². The summed E-state index contributed by atoms with van der Waals surface area (Å²) in [5.41, 5.74) is 1.74. The second kappa shape index (κ2) is 9.98. The molecule has 0 amide bonds. The van der Waals surface area contributed by atoms with E-state index in [1.807, 2.05) is 53.1 Å². The number of nitrogens with zero attached hydrogens (tertiary/aromatic N) is 5. The molecule has 0 aliphatic carbocycles. The number of benzene rings is 2. The second-order valence-corrected chi connectivity index (χ2v) is 8.19. The van der Waals surface area contributed by atoms with E-state index in [4.69, 9.17) is 20.9 Å². The number of thioether (sulfide) groups is 1. The maximum atomic E-state index is 6.10. The highest BCUT2D eigenvalue weighted by molar-refractivity contribution is 7.98. The summed E-state index contributed by atoms with van der Waals surface area (Å²) in [7, 11) is 1.64. The van der Waals surface area contributed by atoms with Crippen LogP contribution in [0.15, 0.2) is 58.2 Å². The molecular weight excluding hydrogens is 434 g/mol. The average Bonchev–Trinajstić information content (AvgIpc) is 3.43. The van der Waals surface area contributed by atoms with Crippen molar-refractivity contribution in [3.05, 3.63) is 65.3 Å². The van der Waals surface area contributed by atoms with Gasteiger partial charge in [0.15, 0.2) is 16.8 Å². The molecule has 4 aromatic rings. The molecule has 0 unspecified atom stereocenters. The van der Waals surface area contributed by atoms with E-state index in [0.717, 1.165) is 42.1 Å². The van der Waals surface area contributed by atoms with E-state index in [1.54, 1.807) is 7.11 Å². The molecule has 31 heavy (non-hydrogen) atoms. The van der Waals surface area contributed by atoms with Crippen molar-refractivity contribution in [2.45, 2.75) is 37.1 Å². The fourth-order valence-electron chi connectivity index (χ4n) is 3.10. The zero-order chi connectivity index (χ0) is 21.6. The van der Waals surface area contributed by atoms with Crippen LogP contribution in [0.1, 0.15) is 31.5 Å². The third kappa shape index (κ3) is 4.91. The van der Waals surface area contributed by atoms with E-state index in [-0.39, 0.29) is 0 Å². The Balaban J connectivity index is 1.67. The molecule has 0 aliphatic heterocycles. The summed E-state index contributed by atoms with van der Waals surface area (Å²) < 4.78 is 12.9. The van der Waals surface area contributed by atoms with Gasteiger partial charge in [0.1, 0.15) is 5.75 Å². The highest BCUT2D eigenvalue weighted by Crippen LogP contribution is 2.34. The monoisotopic (exact) mass is 455 g/mol. The molecule has 0 fully saturated rings. The van der Waals surface area contributed by atoms with Crippen molar-refractivity contribution in [3.8, 4) is 22.8 Å². The van der Waals surface area contributed by atoms with E-state index in [9.17, 15) is 0 Å². The molecule has 0 saturated heterocycles. The van der Waals surface area contributed by atoms with Gasteiger partial charge >= 0.3 is 0 Å². The van der Waals surface area contributed by atoms with E-state index >= 15 is 0 Å². The van der Waals surface area contributed by atoms with Crippen LogP contribution in [-0.2, 0) is 12.2 Å². The fourth-order valence-corrected chi connectivity index (χ4v) is 4.02. The summed E-state index contributed by atoms with van der Waals surface area (Å²) in [6.07, 6.45) is 2.96. The van der Waals surface area contributed by atoms with E-state index < -0.39 is 0 Å². The fraction of sp³-hybridized carbons (Fsp3) is 0.273. The summed E-state index contributed by atoms with van der Waals surface area (Å²) in [6.45, 7) is 2.14. The molecule has 7 nitrogen and oxygen atoms in total. The first kappa shape index (κ1) is 21.4. The molecular formula is C22H22ClN5O2S. The second-order valence-electron chi connectivity index (χ2n) is 6.81. The Morgan fingerprint density at radius 1 is 1.10 bits per heavy atom. The molecule has 2 heterocycles. The van der Waals surface area contributed by atoms with E-state index in [0.29, 0.717) is 27.6 Å². The van der Waals surface area contributed by atoms with Gasteiger partial charge in [-0.3, -0.25) is 4.57 Å². The summed E-state index contributed by atoms with van der Waals surface area (Å²) in [4.78, 5) is 4.48. The Hall–Kier alpha value is -2.84. The van der Waals surface area contributed by atoms with Gasteiger partial charge in [-0.1, -0.05) is 54.0 Å². The number of hydrogen-bond donors (Lipinski definition) is 0. The number of unbranched alkanes of at least 4 members (excludes halogenated alkanes) is 1. The van der Waals surface area contributed by atoms with Gasteiger partial charge in [0.25, 0.3) is 0 Å². The molecule has 0 spiro atoms. The number of hydrogen-bond acceptors (Lipinski definition) is 7. The predicted molar refractivity (Wildman–Crippen MR) is 121 cm³/mol. The molecule has 9 heteroatoms. The van der Waals surface area contributed by atoms with Crippen LogP contribution in [0.2, 0.25) is 5.02 Å². The average molecular weight is 456 g/mol. The van der Waals surface area contributed by atoms with Crippen molar-refractivity contribution in [2.24, 2.45) is 0 Å².